The molecule has 0 aliphatic carbocycles. The molecule has 0 heterocycles. The van der Waals surface area contributed by atoms with Crippen LogP contribution in [-0.4, -0.2) is 13.1 Å². The number of rotatable bonds is 7. The van der Waals surface area contributed by atoms with Gasteiger partial charge in [-0.1, -0.05) is 42.4 Å². The first kappa shape index (κ1) is 16.7. The summed E-state index contributed by atoms with van der Waals surface area (Å²) in [5, 5.41) is 0.600. The van der Waals surface area contributed by atoms with Crippen molar-refractivity contribution in [3.8, 4) is 11.5 Å². The van der Waals surface area contributed by atoms with Gasteiger partial charge in [0.1, 0.15) is 18.1 Å². The lowest BCUT2D eigenvalue weighted by atomic mass is 10.2. The number of benzene rings is 2. The van der Waals surface area contributed by atoms with Gasteiger partial charge < -0.3 is 14.3 Å². The quantitative estimate of drug-likeness (QED) is 0.477. The highest BCUT2D eigenvalue weighted by Crippen LogP contribution is 2.22. The first-order valence-electron chi connectivity index (χ1n) is 6.76. The highest BCUT2D eigenvalue weighted by molar-refractivity contribution is 6.30. The summed E-state index contributed by atoms with van der Waals surface area (Å²) in [4.78, 5) is 16.6. The van der Waals surface area contributed by atoms with Crippen LogP contribution in [0.2, 0.25) is 5.02 Å². The largest absolute Gasteiger partial charge is 0.489 e. The third-order valence-electron chi connectivity index (χ3n) is 2.88. The minimum atomic E-state index is -0.599. The van der Waals surface area contributed by atoms with Crippen molar-refractivity contribution in [2.24, 2.45) is 0 Å². The number of halogens is 1. The van der Waals surface area contributed by atoms with Crippen LogP contribution < -0.4 is 15.1 Å². The lowest BCUT2D eigenvalue weighted by Crippen LogP contribution is -2.24. The van der Waals surface area contributed by atoms with Gasteiger partial charge in [-0.2, -0.15) is 0 Å². The second kappa shape index (κ2) is 8.10. The molecule has 1 N–H and O–H groups in total. The molecule has 0 bridgehead atoms. The van der Waals surface area contributed by atoms with Crippen molar-refractivity contribution in [2.75, 3.05) is 7.11 Å². The van der Waals surface area contributed by atoms with E-state index in [1.54, 1.807) is 24.3 Å². The zero-order chi connectivity index (χ0) is 16.7. The summed E-state index contributed by atoms with van der Waals surface area (Å²) in [7, 11) is 1.27. The summed E-state index contributed by atoms with van der Waals surface area (Å²) in [5.41, 5.74) is 3.24. The molecule has 0 aliphatic heterocycles. The molecular weight excluding hydrogens is 318 g/mol. The zero-order valence-electron chi connectivity index (χ0n) is 12.5. The van der Waals surface area contributed by atoms with Gasteiger partial charge in [0.05, 0.1) is 7.11 Å². The number of nitrogens with one attached hydrogen (secondary N) is 1. The fourth-order valence-electron chi connectivity index (χ4n) is 1.72. The molecule has 6 heteroatoms. The van der Waals surface area contributed by atoms with E-state index < -0.39 is 5.97 Å². The Balaban J connectivity index is 2.00. The Morgan fingerprint density at radius 3 is 2.74 bits per heavy atom. The van der Waals surface area contributed by atoms with Crippen LogP contribution in [0.25, 0.3) is 0 Å². The Kier molecular flexibility index (Phi) is 5.88. The predicted molar refractivity (Wildman–Crippen MR) is 87.1 cm³/mol. The molecular formula is C17H16ClNO4. The Bertz CT molecular complexity index is 702. The third-order valence-corrected chi connectivity index (χ3v) is 3.11. The fourth-order valence-corrected chi connectivity index (χ4v) is 1.90. The van der Waals surface area contributed by atoms with Crippen LogP contribution in [0.3, 0.4) is 0 Å². The van der Waals surface area contributed by atoms with Crippen LogP contribution in [0.4, 0.5) is 0 Å². The van der Waals surface area contributed by atoms with Crippen molar-refractivity contribution in [2.45, 2.75) is 6.61 Å². The smallest absolute Gasteiger partial charge is 0.356 e. The average molecular weight is 334 g/mol. The Morgan fingerprint density at radius 1 is 1.22 bits per heavy atom. The summed E-state index contributed by atoms with van der Waals surface area (Å²) in [5.74, 6) is 0.566. The van der Waals surface area contributed by atoms with Gasteiger partial charge >= 0.3 is 5.97 Å². The van der Waals surface area contributed by atoms with Gasteiger partial charge in [-0.15, -0.1) is 0 Å². The normalized spacial score (nSPS) is 9.83. The molecule has 2 aromatic carbocycles. The number of para-hydroxylation sites is 1. The van der Waals surface area contributed by atoms with Gasteiger partial charge in [0.2, 0.25) is 0 Å². The Morgan fingerprint density at radius 2 is 2.00 bits per heavy atom. The highest BCUT2D eigenvalue weighted by Gasteiger charge is 2.09. The number of hydroxylamine groups is 1. The topological polar surface area (TPSA) is 56.8 Å². The van der Waals surface area contributed by atoms with Gasteiger partial charge in [-0.25, -0.2) is 10.3 Å². The molecule has 0 saturated heterocycles. The molecule has 0 aliphatic rings. The zero-order valence-corrected chi connectivity index (χ0v) is 13.3. The van der Waals surface area contributed by atoms with Crippen LogP contribution >= 0.6 is 11.6 Å². The second-order valence-corrected chi connectivity index (χ2v) is 4.96. The van der Waals surface area contributed by atoms with Crippen molar-refractivity contribution >= 4 is 17.6 Å². The van der Waals surface area contributed by atoms with Crippen LogP contribution in [-0.2, 0) is 16.1 Å². The van der Waals surface area contributed by atoms with Gasteiger partial charge in [-0.05, 0) is 24.3 Å². The Labute approximate surface area is 139 Å². The van der Waals surface area contributed by atoms with E-state index in [1.807, 2.05) is 24.3 Å². The van der Waals surface area contributed by atoms with E-state index in [9.17, 15) is 4.79 Å². The molecule has 2 rings (SSSR count). The monoisotopic (exact) mass is 333 g/mol. The first-order chi connectivity index (χ1) is 11.1. The first-order valence-corrected chi connectivity index (χ1v) is 7.14. The molecule has 2 aromatic rings. The number of methoxy groups -OCH3 is 1. The van der Waals surface area contributed by atoms with Gasteiger partial charge in [0, 0.05) is 10.6 Å². The fraction of sp³-hybridized carbons (Fsp3) is 0.118. The molecule has 0 unspecified atom stereocenters. The van der Waals surface area contributed by atoms with E-state index >= 15 is 0 Å². The van der Waals surface area contributed by atoms with Crippen molar-refractivity contribution in [1.29, 1.82) is 0 Å². The third kappa shape index (κ3) is 4.93. The molecule has 0 radical (unpaired) electrons. The molecule has 0 saturated carbocycles. The maximum atomic E-state index is 11.3. The lowest BCUT2D eigenvalue weighted by Gasteiger charge is -2.13. The molecule has 5 nitrogen and oxygen atoms in total. The molecule has 120 valence electrons. The van der Waals surface area contributed by atoms with Crippen LogP contribution in [0, 0.1) is 0 Å². The number of esters is 1. The maximum Gasteiger partial charge on any atom is 0.356 e. The summed E-state index contributed by atoms with van der Waals surface area (Å²) < 4.78 is 10.2. The van der Waals surface area contributed by atoms with E-state index in [2.05, 4.69) is 16.8 Å². The summed E-state index contributed by atoms with van der Waals surface area (Å²) in [6.07, 6.45) is 0. The van der Waals surface area contributed by atoms with E-state index in [-0.39, 0.29) is 12.3 Å². The van der Waals surface area contributed by atoms with Crippen LogP contribution in [0.5, 0.6) is 11.5 Å². The molecule has 0 spiro atoms. The van der Waals surface area contributed by atoms with Crippen molar-refractivity contribution in [3.63, 3.8) is 0 Å². The standard InChI is InChI=1S/C17H16ClNO4/c1-12(17(20)21-2)19-23-16-9-4-3-6-13(16)11-22-15-8-5-7-14(18)10-15/h3-10,19H,1,11H2,2H3. The number of carbonyl (C=O) groups is 1. The Hall–Kier alpha value is -2.66. The van der Waals surface area contributed by atoms with E-state index in [0.717, 1.165) is 5.56 Å². The molecule has 0 fully saturated rings. The van der Waals surface area contributed by atoms with Crippen molar-refractivity contribution in [1.82, 2.24) is 5.48 Å². The number of hydrogen-bond acceptors (Lipinski definition) is 5. The summed E-state index contributed by atoms with van der Waals surface area (Å²) in [6, 6.07) is 14.4. The van der Waals surface area contributed by atoms with Crippen molar-refractivity contribution < 1.29 is 19.1 Å². The van der Waals surface area contributed by atoms with E-state index in [0.29, 0.717) is 16.5 Å². The van der Waals surface area contributed by atoms with Gasteiger partial charge in [-0.3, -0.25) is 0 Å². The summed E-state index contributed by atoms with van der Waals surface area (Å²) in [6.45, 7) is 3.80. The lowest BCUT2D eigenvalue weighted by molar-refractivity contribution is -0.137. The number of ether oxygens (including phenoxy) is 2. The molecule has 23 heavy (non-hydrogen) atoms. The molecule has 0 aromatic heterocycles. The number of carbonyl (C=O) groups excluding carboxylic acids is 1. The SMILES string of the molecule is C=C(NOc1ccccc1COc1cccc(Cl)c1)C(=O)OC. The molecule has 0 atom stereocenters. The summed E-state index contributed by atoms with van der Waals surface area (Å²) >= 11 is 5.92. The van der Waals surface area contributed by atoms with Gasteiger partial charge in [0.15, 0.2) is 5.75 Å². The predicted octanol–water partition coefficient (Wildman–Crippen LogP) is 3.49. The maximum absolute atomic E-state index is 11.3. The van der Waals surface area contributed by atoms with E-state index in [4.69, 9.17) is 21.2 Å². The molecule has 0 amide bonds. The minimum Gasteiger partial charge on any atom is -0.489 e. The second-order valence-electron chi connectivity index (χ2n) is 4.53. The van der Waals surface area contributed by atoms with E-state index in [1.165, 1.54) is 7.11 Å². The van der Waals surface area contributed by atoms with Gasteiger partial charge in [0.25, 0.3) is 0 Å². The van der Waals surface area contributed by atoms with Crippen LogP contribution in [0.1, 0.15) is 5.56 Å². The van der Waals surface area contributed by atoms with Crippen LogP contribution in [0.15, 0.2) is 60.8 Å². The minimum absolute atomic E-state index is 0.00179. The highest BCUT2D eigenvalue weighted by atomic mass is 35.5. The average Bonchev–Trinajstić information content (AvgIpc) is 2.57. The van der Waals surface area contributed by atoms with Crippen molar-refractivity contribution in [3.05, 3.63) is 71.4 Å². The number of hydrogen-bond donors (Lipinski definition) is 1.